The predicted octanol–water partition coefficient (Wildman–Crippen LogP) is 3.61. The smallest absolute Gasteiger partial charge is 0.133 e. The summed E-state index contributed by atoms with van der Waals surface area (Å²) in [6.45, 7) is 3.03. The van der Waals surface area contributed by atoms with Gasteiger partial charge in [0, 0.05) is 15.6 Å². The van der Waals surface area contributed by atoms with Crippen LogP contribution in [0.4, 0.5) is 0 Å². The summed E-state index contributed by atoms with van der Waals surface area (Å²) in [4.78, 5) is 0. The van der Waals surface area contributed by atoms with Crippen molar-refractivity contribution in [3.05, 3.63) is 33.8 Å². The van der Waals surface area contributed by atoms with Crippen molar-refractivity contribution >= 4 is 30.3 Å². The number of halogens is 2. The van der Waals surface area contributed by atoms with E-state index < -0.39 is 13.0 Å². The van der Waals surface area contributed by atoms with E-state index in [2.05, 4.69) is 0 Å². The van der Waals surface area contributed by atoms with Crippen LogP contribution in [0.3, 0.4) is 0 Å². The van der Waals surface area contributed by atoms with Gasteiger partial charge in [-0.2, -0.15) is 0 Å². The van der Waals surface area contributed by atoms with Crippen LogP contribution >= 0.6 is 30.3 Å². The monoisotopic (exact) mass is 252 g/mol. The van der Waals surface area contributed by atoms with Crippen LogP contribution in [0.15, 0.2) is 18.2 Å². The molecule has 0 aromatic heterocycles. The second-order valence-electron chi connectivity index (χ2n) is 3.47. The van der Waals surface area contributed by atoms with Crippen LogP contribution < -0.4 is 0 Å². The second-order valence-corrected chi connectivity index (χ2v) is 7.67. The first kappa shape index (κ1) is 12.1. The lowest BCUT2D eigenvalue weighted by Crippen LogP contribution is -1.98. The Balaban J connectivity index is 3.14. The lowest BCUT2D eigenvalue weighted by Gasteiger charge is -2.16. The predicted molar refractivity (Wildman–Crippen MR) is 60.9 cm³/mol. The van der Waals surface area contributed by atoms with Crippen LogP contribution in [0.5, 0.6) is 0 Å². The number of hydrogen-bond donors (Lipinski definition) is 1. The Morgan fingerprint density at radius 1 is 1.36 bits per heavy atom. The molecule has 0 aliphatic carbocycles. The Morgan fingerprint density at radius 2 is 1.93 bits per heavy atom. The van der Waals surface area contributed by atoms with Crippen molar-refractivity contribution in [2.45, 2.75) is 5.85 Å². The van der Waals surface area contributed by atoms with Gasteiger partial charge in [0.2, 0.25) is 0 Å². The summed E-state index contributed by atoms with van der Waals surface area (Å²) in [6, 6.07) is 4.73. The normalized spacial score (nSPS) is 14.1. The zero-order valence-corrected chi connectivity index (χ0v) is 10.3. The SMILES string of the molecule is CP(C)(=O)C(O)c1ccc(Cl)cc1Cl. The Labute approximate surface area is 93.2 Å². The van der Waals surface area contributed by atoms with Crippen molar-refractivity contribution < 1.29 is 9.67 Å². The molecule has 0 aliphatic heterocycles. The van der Waals surface area contributed by atoms with E-state index in [1.807, 2.05) is 0 Å². The molecule has 0 saturated heterocycles. The average Bonchev–Trinajstić information content (AvgIpc) is 2.01. The molecule has 0 heterocycles. The number of aliphatic hydroxyl groups excluding tert-OH is 1. The molecule has 0 fully saturated rings. The molecular formula is C9H11Cl2O2P. The molecule has 0 saturated carbocycles. The second kappa shape index (κ2) is 4.24. The number of benzene rings is 1. The number of rotatable bonds is 2. The molecule has 0 radical (unpaired) electrons. The summed E-state index contributed by atoms with van der Waals surface area (Å²) in [7, 11) is -2.59. The molecule has 5 heteroatoms. The van der Waals surface area contributed by atoms with Crippen LogP contribution in [0.2, 0.25) is 10.0 Å². The molecule has 1 rings (SSSR count). The van der Waals surface area contributed by atoms with E-state index in [0.717, 1.165) is 0 Å². The van der Waals surface area contributed by atoms with Gasteiger partial charge >= 0.3 is 0 Å². The summed E-state index contributed by atoms with van der Waals surface area (Å²) in [5.74, 6) is -1.02. The van der Waals surface area contributed by atoms with E-state index in [4.69, 9.17) is 23.2 Å². The summed E-state index contributed by atoms with van der Waals surface area (Å²) < 4.78 is 11.6. The third-order valence-corrected chi connectivity index (χ3v) is 3.85. The molecule has 14 heavy (non-hydrogen) atoms. The minimum atomic E-state index is -2.59. The molecule has 78 valence electrons. The fraction of sp³-hybridized carbons (Fsp3) is 0.333. The van der Waals surface area contributed by atoms with E-state index in [1.165, 1.54) is 19.4 Å². The van der Waals surface area contributed by atoms with Gasteiger partial charge in [0.1, 0.15) is 13.0 Å². The van der Waals surface area contributed by atoms with Gasteiger partial charge in [-0.15, -0.1) is 0 Å². The van der Waals surface area contributed by atoms with E-state index in [9.17, 15) is 9.67 Å². The van der Waals surface area contributed by atoms with Crippen molar-refractivity contribution in [1.82, 2.24) is 0 Å². The number of hydrogen-bond acceptors (Lipinski definition) is 2. The molecule has 1 unspecified atom stereocenters. The van der Waals surface area contributed by atoms with Crippen LogP contribution in [-0.4, -0.2) is 18.4 Å². The Hall–Kier alpha value is -0.0100. The highest BCUT2D eigenvalue weighted by Gasteiger charge is 2.24. The molecule has 2 nitrogen and oxygen atoms in total. The summed E-state index contributed by atoms with van der Waals surface area (Å²) in [6.07, 6.45) is 0. The van der Waals surface area contributed by atoms with E-state index in [-0.39, 0.29) is 0 Å². The standard InChI is InChI=1S/C9H11Cl2O2P/c1-14(2,13)9(12)7-4-3-6(10)5-8(7)11/h3-5,9,12H,1-2H3. The third kappa shape index (κ3) is 2.74. The molecule has 1 aromatic rings. The van der Waals surface area contributed by atoms with Gasteiger partial charge in [0.25, 0.3) is 0 Å². The van der Waals surface area contributed by atoms with Crippen LogP contribution in [0.25, 0.3) is 0 Å². The van der Waals surface area contributed by atoms with Gasteiger partial charge < -0.3 is 9.67 Å². The van der Waals surface area contributed by atoms with Gasteiger partial charge in [-0.3, -0.25) is 0 Å². The average molecular weight is 253 g/mol. The largest absolute Gasteiger partial charge is 0.381 e. The molecule has 0 spiro atoms. The lowest BCUT2D eigenvalue weighted by molar-refractivity contribution is 0.255. The molecule has 0 aliphatic rings. The Kier molecular flexibility index (Phi) is 3.65. The maximum atomic E-state index is 11.6. The van der Waals surface area contributed by atoms with E-state index in [1.54, 1.807) is 12.1 Å². The summed E-state index contributed by atoms with van der Waals surface area (Å²) in [5.41, 5.74) is 0.462. The minimum absolute atomic E-state index is 0.342. The summed E-state index contributed by atoms with van der Waals surface area (Å²) in [5, 5.41) is 10.6. The van der Waals surface area contributed by atoms with Crippen LogP contribution in [0.1, 0.15) is 11.4 Å². The first-order valence-electron chi connectivity index (χ1n) is 4.00. The Morgan fingerprint density at radius 3 is 2.36 bits per heavy atom. The zero-order valence-electron chi connectivity index (χ0n) is 7.87. The van der Waals surface area contributed by atoms with E-state index in [0.29, 0.717) is 15.6 Å². The zero-order chi connectivity index (χ0) is 10.9. The molecule has 0 amide bonds. The van der Waals surface area contributed by atoms with Crippen molar-refractivity contribution in [2.75, 3.05) is 13.3 Å². The molecule has 1 aromatic carbocycles. The lowest BCUT2D eigenvalue weighted by atomic mass is 10.2. The van der Waals surface area contributed by atoms with Crippen LogP contribution in [-0.2, 0) is 4.57 Å². The molecule has 1 atom stereocenters. The van der Waals surface area contributed by atoms with Crippen molar-refractivity contribution in [3.8, 4) is 0 Å². The topological polar surface area (TPSA) is 37.3 Å². The first-order valence-corrected chi connectivity index (χ1v) is 7.42. The van der Waals surface area contributed by atoms with Gasteiger partial charge in [0.15, 0.2) is 0 Å². The highest BCUT2D eigenvalue weighted by Crippen LogP contribution is 2.52. The Bertz CT molecular complexity index is 386. The third-order valence-electron chi connectivity index (χ3n) is 1.83. The fourth-order valence-electron chi connectivity index (χ4n) is 1.05. The quantitative estimate of drug-likeness (QED) is 0.817. The highest BCUT2D eigenvalue weighted by molar-refractivity contribution is 7.62. The van der Waals surface area contributed by atoms with Crippen molar-refractivity contribution in [1.29, 1.82) is 0 Å². The van der Waals surface area contributed by atoms with Gasteiger partial charge in [-0.1, -0.05) is 29.3 Å². The van der Waals surface area contributed by atoms with Crippen LogP contribution in [0, 0.1) is 0 Å². The van der Waals surface area contributed by atoms with Gasteiger partial charge in [0.05, 0.1) is 0 Å². The van der Waals surface area contributed by atoms with Crippen molar-refractivity contribution in [2.24, 2.45) is 0 Å². The molecular weight excluding hydrogens is 242 g/mol. The fourth-order valence-corrected chi connectivity index (χ4v) is 2.53. The maximum absolute atomic E-state index is 11.6. The van der Waals surface area contributed by atoms with Gasteiger partial charge in [-0.25, -0.2) is 0 Å². The van der Waals surface area contributed by atoms with E-state index >= 15 is 0 Å². The van der Waals surface area contributed by atoms with Gasteiger partial charge in [-0.05, 0) is 25.5 Å². The maximum Gasteiger partial charge on any atom is 0.133 e. The van der Waals surface area contributed by atoms with Crippen molar-refractivity contribution in [3.63, 3.8) is 0 Å². The molecule has 0 bridgehead atoms. The summed E-state index contributed by atoms with van der Waals surface area (Å²) >= 11 is 11.6. The highest BCUT2D eigenvalue weighted by atomic mass is 35.5. The first-order chi connectivity index (χ1) is 6.32. The minimum Gasteiger partial charge on any atom is -0.381 e. The number of aliphatic hydroxyl groups is 1. The molecule has 1 N–H and O–H groups in total.